The van der Waals surface area contributed by atoms with E-state index in [-0.39, 0.29) is 12.1 Å². The smallest absolute Gasteiger partial charge is 0.293 e. The van der Waals surface area contributed by atoms with Crippen LogP contribution >= 0.6 is 11.3 Å². The molecule has 2 atom stereocenters. The molecule has 123 valence electrons. The zero-order valence-electron chi connectivity index (χ0n) is 14.4. The van der Waals surface area contributed by atoms with Crippen LogP contribution in [-0.2, 0) is 9.53 Å². The maximum atomic E-state index is 11.0. The zero-order chi connectivity index (χ0) is 16.5. The van der Waals surface area contributed by atoms with Gasteiger partial charge >= 0.3 is 0 Å². The van der Waals surface area contributed by atoms with Crippen LogP contribution in [0.15, 0.2) is 5.38 Å². The lowest BCUT2D eigenvalue weighted by Gasteiger charge is -2.35. The van der Waals surface area contributed by atoms with Gasteiger partial charge in [-0.05, 0) is 39.2 Å². The summed E-state index contributed by atoms with van der Waals surface area (Å²) in [6.45, 7) is 12.1. The highest BCUT2D eigenvalue weighted by atomic mass is 32.1. The monoisotopic (exact) mass is 323 g/mol. The predicted molar refractivity (Wildman–Crippen MR) is 94.0 cm³/mol. The van der Waals surface area contributed by atoms with Crippen molar-refractivity contribution in [1.82, 2.24) is 9.79 Å². The molecule has 0 aliphatic carbocycles. The molecule has 1 heterocycles. The molecule has 1 rings (SSSR count). The van der Waals surface area contributed by atoms with Crippen LogP contribution in [-0.4, -0.2) is 42.6 Å². The third kappa shape index (κ3) is 5.82. The zero-order valence-corrected chi connectivity index (χ0v) is 15.2. The molecule has 1 aromatic rings. The van der Waals surface area contributed by atoms with E-state index in [1.54, 1.807) is 18.8 Å². The van der Waals surface area contributed by atoms with Gasteiger partial charge < -0.3 is 14.3 Å². The maximum absolute atomic E-state index is 11.0. The number of hydrogen-bond donors (Lipinski definition) is 0. The Bertz CT molecular complexity index is 440. The summed E-state index contributed by atoms with van der Waals surface area (Å²) in [5.41, 5.74) is 1.04. The van der Waals surface area contributed by atoms with Gasteiger partial charge in [-0.2, -0.15) is 0 Å². The molecule has 0 bridgehead atoms. The third-order valence-electron chi connectivity index (χ3n) is 3.67. The number of rotatable bonds is 11. The van der Waals surface area contributed by atoms with Crippen molar-refractivity contribution in [3.63, 3.8) is 0 Å². The lowest BCUT2D eigenvalue weighted by atomic mass is 9.85. The third-order valence-corrected chi connectivity index (χ3v) is 4.72. The molecule has 0 unspecified atom stereocenters. The number of carbonyl (C=O) groups excluding carboxylic acids is 1. The van der Waals surface area contributed by atoms with Crippen LogP contribution in [0.3, 0.4) is 0 Å². The van der Waals surface area contributed by atoms with Crippen LogP contribution in [0.1, 0.15) is 57.3 Å². The average Bonchev–Trinajstić information content (AvgIpc) is 2.89. The van der Waals surface area contributed by atoms with Gasteiger partial charge in [0.05, 0.1) is 6.19 Å². The van der Waals surface area contributed by atoms with Gasteiger partial charge in [0.1, 0.15) is 11.1 Å². The van der Waals surface area contributed by atoms with E-state index in [4.69, 9.17) is 4.74 Å². The number of thiazole rings is 1. The van der Waals surface area contributed by atoms with Gasteiger partial charge in [-0.1, -0.05) is 20.8 Å². The molecule has 1 radical (unpaired) electrons. The number of hydrogen-bond acceptors (Lipinski definition) is 5. The van der Waals surface area contributed by atoms with E-state index in [2.05, 4.69) is 35.9 Å². The Morgan fingerprint density at radius 2 is 2.18 bits per heavy atom. The molecule has 0 saturated carbocycles. The normalized spacial score (nSPS) is 14.3. The second-order valence-corrected chi connectivity index (χ2v) is 6.73. The van der Waals surface area contributed by atoms with Crippen LogP contribution in [0.4, 0.5) is 0 Å². The van der Waals surface area contributed by atoms with E-state index < -0.39 is 0 Å². The first-order chi connectivity index (χ1) is 10.5. The fourth-order valence-corrected chi connectivity index (χ4v) is 3.52. The second kappa shape index (κ2) is 10.1. The number of carbonyl (C=O) groups is 1. The van der Waals surface area contributed by atoms with Crippen molar-refractivity contribution in [1.29, 1.82) is 0 Å². The molecule has 0 N–H and O–H groups in total. The Kier molecular flexibility index (Phi) is 8.90. The fourth-order valence-electron chi connectivity index (χ4n) is 2.66. The minimum atomic E-state index is -0.00416. The number of nitrogens with zero attached hydrogens (tertiary/aromatic N) is 2. The van der Waals surface area contributed by atoms with E-state index in [0.29, 0.717) is 12.5 Å². The topological polar surface area (TPSA) is 42.4 Å². The minimum Gasteiger partial charge on any atom is -0.371 e. The summed E-state index contributed by atoms with van der Waals surface area (Å²) in [5, 5.41) is 3.10. The number of ether oxygens (including phenoxy) is 1. The Hall–Kier alpha value is -0.715. The molecule has 6 heteroatoms. The second-order valence-electron chi connectivity index (χ2n) is 5.84. The van der Waals surface area contributed by atoms with Gasteiger partial charge in [0.15, 0.2) is 0 Å². The van der Waals surface area contributed by atoms with E-state index in [0.717, 1.165) is 36.3 Å². The Balaban J connectivity index is 2.90. The van der Waals surface area contributed by atoms with Gasteiger partial charge in [0, 0.05) is 23.7 Å². The highest BCUT2D eigenvalue weighted by Crippen LogP contribution is 2.29. The summed E-state index contributed by atoms with van der Waals surface area (Å²) in [4.78, 5) is 17.7. The fraction of sp³-hybridized carbons (Fsp3) is 0.750. The van der Waals surface area contributed by atoms with Crippen molar-refractivity contribution in [2.24, 2.45) is 5.92 Å². The number of aryl methyl sites for hydroxylation is 1. The van der Waals surface area contributed by atoms with Crippen molar-refractivity contribution in [2.45, 2.75) is 59.6 Å². The van der Waals surface area contributed by atoms with Gasteiger partial charge in [-0.3, -0.25) is 0 Å². The van der Waals surface area contributed by atoms with Crippen LogP contribution in [0, 0.1) is 12.8 Å². The van der Waals surface area contributed by atoms with Gasteiger partial charge in [0.2, 0.25) is 0 Å². The number of aromatic nitrogens is 1. The van der Waals surface area contributed by atoms with Crippen molar-refractivity contribution < 1.29 is 9.53 Å². The Morgan fingerprint density at radius 3 is 2.64 bits per heavy atom. The van der Waals surface area contributed by atoms with Crippen LogP contribution in [0.2, 0.25) is 0 Å². The summed E-state index contributed by atoms with van der Waals surface area (Å²) in [5.74, 6) is 0.437. The molecule has 0 aliphatic heterocycles. The molecule has 4 nitrogen and oxygen atoms in total. The Morgan fingerprint density at radius 1 is 1.45 bits per heavy atom. The van der Waals surface area contributed by atoms with Crippen LogP contribution < -0.4 is 0 Å². The van der Waals surface area contributed by atoms with Gasteiger partial charge in [-0.15, -0.1) is 11.3 Å². The highest BCUT2D eigenvalue weighted by Gasteiger charge is 2.27. The van der Waals surface area contributed by atoms with E-state index >= 15 is 0 Å². The first-order valence-corrected chi connectivity index (χ1v) is 8.99. The maximum Gasteiger partial charge on any atom is 0.293 e. The van der Waals surface area contributed by atoms with E-state index in [9.17, 15) is 4.79 Å². The minimum absolute atomic E-state index is 0.00416. The lowest BCUT2D eigenvalue weighted by Crippen LogP contribution is -2.43. The SMILES string of the molecule is CCCN([B]C=O)[C@@H](C[C@@H](OCC)c1nc(C)cs1)C(C)C. The molecule has 0 aromatic carbocycles. The quantitative estimate of drug-likeness (QED) is 0.462. The molecule has 0 saturated heterocycles. The van der Waals surface area contributed by atoms with E-state index in [1.165, 1.54) is 0 Å². The Labute approximate surface area is 139 Å². The summed E-state index contributed by atoms with van der Waals surface area (Å²) < 4.78 is 5.95. The summed E-state index contributed by atoms with van der Waals surface area (Å²) >= 11 is 1.66. The van der Waals surface area contributed by atoms with Crippen LogP contribution in [0.25, 0.3) is 0 Å². The van der Waals surface area contributed by atoms with Gasteiger partial charge in [-0.25, -0.2) is 4.98 Å². The molecular formula is C16H28BN2O2S. The standard InChI is InChI=1S/C16H28BN2O2S/c1-6-8-19(17-11-20)14(12(3)4)9-15(21-7-2)16-18-13(5)10-22-16/h10-12,14-15H,6-9H2,1-5H3/t14-,15+/m0/s1. The molecule has 0 aliphatic rings. The highest BCUT2D eigenvalue weighted by molar-refractivity contribution is 7.09. The molecule has 22 heavy (non-hydrogen) atoms. The first-order valence-electron chi connectivity index (χ1n) is 8.11. The lowest BCUT2D eigenvalue weighted by molar-refractivity contribution is 0.0340. The van der Waals surface area contributed by atoms with Gasteiger partial charge in [0.25, 0.3) is 7.41 Å². The van der Waals surface area contributed by atoms with Crippen molar-refractivity contribution in [3.8, 4) is 0 Å². The molecule has 0 amide bonds. The van der Waals surface area contributed by atoms with E-state index in [1.807, 2.05) is 13.8 Å². The molecule has 1 aromatic heterocycles. The first kappa shape index (κ1) is 19.3. The largest absolute Gasteiger partial charge is 0.371 e. The predicted octanol–water partition coefficient (Wildman–Crippen LogP) is 3.47. The molecule has 0 spiro atoms. The van der Waals surface area contributed by atoms with Crippen LogP contribution in [0.5, 0.6) is 0 Å². The van der Waals surface area contributed by atoms with Crippen molar-refractivity contribution in [2.75, 3.05) is 13.2 Å². The summed E-state index contributed by atoms with van der Waals surface area (Å²) in [6, 6.07) is 0.269. The summed E-state index contributed by atoms with van der Waals surface area (Å²) in [6.07, 6.45) is 2.75. The summed E-state index contributed by atoms with van der Waals surface area (Å²) in [7, 11) is 1.67. The molecule has 0 fully saturated rings. The average molecular weight is 323 g/mol. The molecular weight excluding hydrogens is 295 g/mol. The van der Waals surface area contributed by atoms with Crippen molar-refractivity contribution >= 4 is 24.9 Å². The van der Waals surface area contributed by atoms with Crippen molar-refractivity contribution in [3.05, 3.63) is 16.1 Å².